The number of ether oxygens (including phenoxy) is 1. The van der Waals surface area contributed by atoms with Crippen LogP contribution in [-0.2, 0) is 4.74 Å². The van der Waals surface area contributed by atoms with Gasteiger partial charge in [0, 0.05) is 32.2 Å². The topological polar surface area (TPSA) is 105 Å². The number of phenolic OH excluding ortho intramolecular Hbond substituents is 1. The second-order valence-corrected chi connectivity index (χ2v) is 4.64. The number of nitro benzene ring substituents is 1. The van der Waals surface area contributed by atoms with Crippen molar-refractivity contribution in [3.63, 3.8) is 0 Å². The maximum Gasteiger partial charge on any atom is 0.311 e. The Morgan fingerprint density at radius 3 is 2.81 bits per heavy atom. The summed E-state index contributed by atoms with van der Waals surface area (Å²) in [5.74, 6) is -1.13. The van der Waals surface area contributed by atoms with Crippen molar-refractivity contribution in [3.05, 3.63) is 33.9 Å². The van der Waals surface area contributed by atoms with Gasteiger partial charge in [-0.25, -0.2) is 0 Å². The Morgan fingerprint density at radius 2 is 2.14 bits per heavy atom. The Bertz CT molecular complexity index is 529. The summed E-state index contributed by atoms with van der Waals surface area (Å²) in [6, 6.07) is 3.88. The SMILES string of the molecule is O=C(NCCN1CCOCC1)c1cccc([N+](=O)[O-])c1O. The number of carbonyl (C=O) groups is 1. The number of morpholine rings is 1. The molecule has 1 aromatic rings. The number of amides is 1. The summed E-state index contributed by atoms with van der Waals surface area (Å²) in [5.41, 5.74) is -0.568. The molecule has 8 heteroatoms. The minimum atomic E-state index is -0.722. The molecule has 2 N–H and O–H groups in total. The molecule has 114 valence electrons. The van der Waals surface area contributed by atoms with E-state index in [1.807, 2.05) is 0 Å². The van der Waals surface area contributed by atoms with Gasteiger partial charge in [0.05, 0.1) is 23.7 Å². The van der Waals surface area contributed by atoms with Crippen LogP contribution in [-0.4, -0.2) is 60.2 Å². The maximum atomic E-state index is 11.9. The van der Waals surface area contributed by atoms with Gasteiger partial charge in [-0.1, -0.05) is 6.07 Å². The number of aromatic hydroxyl groups is 1. The first-order valence-electron chi connectivity index (χ1n) is 6.64. The van der Waals surface area contributed by atoms with E-state index in [0.29, 0.717) is 26.3 Å². The van der Waals surface area contributed by atoms with E-state index < -0.39 is 22.3 Å². The number of carbonyl (C=O) groups excluding carboxylic acids is 1. The predicted molar refractivity (Wildman–Crippen MR) is 74.4 cm³/mol. The highest BCUT2D eigenvalue weighted by Gasteiger charge is 2.20. The highest BCUT2D eigenvalue weighted by Crippen LogP contribution is 2.28. The number of phenols is 1. The number of nitro groups is 1. The quantitative estimate of drug-likeness (QED) is 0.600. The molecule has 1 aromatic carbocycles. The van der Waals surface area contributed by atoms with E-state index in [2.05, 4.69) is 10.2 Å². The van der Waals surface area contributed by atoms with E-state index in [4.69, 9.17) is 4.74 Å². The molecular formula is C13H17N3O5. The van der Waals surface area contributed by atoms with Crippen molar-refractivity contribution in [2.24, 2.45) is 0 Å². The van der Waals surface area contributed by atoms with Gasteiger partial charge in [-0.05, 0) is 6.07 Å². The Labute approximate surface area is 121 Å². The van der Waals surface area contributed by atoms with Crippen LogP contribution in [0.15, 0.2) is 18.2 Å². The van der Waals surface area contributed by atoms with Crippen LogP contribution in [0.4, 0.5) is 5.69 Å². The van der Waals surface area contributed by atoms with Crippen molar-refractivity contribution in [2.75, 3.05) is 39.4 Å². The van der Waals surface area contributed by atoms with E-state index in [1.165, 1.54) is 12.1 Å². The highest BCUT2D eigenvalue weighted by molar-refractivity contribution is 5.98. The summed E-state index contributed by atoms with van der Waals surface area (Å²) < 4.78 is 5.22. The molecule has 1 heterocycles. The molecule has 1 saturated heterocycles. The van der Waals surface area contributed by atoms with E-state index in [9.17, 15) is 20.0 Å². The lowest BCUT2D eigenvalue weighted by Crippen LogP contribution is -2.41. The lowest BCUT2D eigenvalue weighted by molar-refractivity contribution is -0.385. The zero-order chi connectivity index (χ0) is 15.2. The standard InChI is InChI=1S/C13H17N3O5/c17-12-10(2-1-3-11(12)16(19)20)13(18)14-4-5-15-6-8-21-9-7-15/h1-3,17H,4-9H2,(H,14,18). The Morgan fingerprint density at radius 1 is 1.43 bits per heavy atom. The van der Waals surface area contributed by atoms with Gasteiger partial charge < -0.3 is 15.2 Å². The predicted octanol–water partition coefficient (Wildman–Crippen LogP) is 0.362. The number of benzene rings is 1. The van der Waals surface area contributed by atoms with Gasteiger partial charge >= 0.3 is 5.69 Å². The molecule has 0 aliphatic carbocycles. The van der Waals surface area contributed by atoms with Crippen LogP contribution in [0.5, 0.6) is 5.75 Å². The smallest absolute Gasteiger partial charge is 0.311 e. The molecule has 0 saturated carbocycles. The number of nitrogens with one attached hydrogen (secondary N) is 1. The van der Waals surface area contributed by atoms with Crippen molar-refractivity contribution < 1.29 is 19.6 Å². The molecule has 0 aromatic heterocycles. The van der Waals surface area contributed by atoms with Gasteiger partial charge in [-0.3, -0.25) is 19.8 Å². The van der Waals surface area contributed by atoms with E-state index in [-0.39, 0.29) is 5.56 Å². The van der Waals surface area contributed by atoms with Crippen LogP contribution in [0.1, 0.15) is 10.4 Å². The second kappa shape index (κ2) is 7.00. The molecule has 2 rings (SSSR count). The zero-order valence-electron chi connectivity index (χ0n) is 11.4. The molecule has 0 radical (unpaired) electrons. The van der Waals surface area contributed by atoms with Gasteiger partial charge in [-0.2, -0.15) is 0 Å². The number of rotatable bonds is 5. The van der Waals surface area contributed by atoms with Crippen LogP contribution in [0.25, 0.3) is 0 Å². The number of hydrogen-bond donors (Lipinski definition) is 2. The van der Waals surface area contributed by atoms with Crippen LogP contribution < -0.4 is 5.32 Å². The van der Waals surface area contributed by atoms with Crippen LogP contribution in [0.2, 0.25) is 0 Å². The summed E-state index contributed by atoms with van der Waals surface area (Å²) in [6.45, 7) is 4.07. The monoisotopic (exact) mass is 295 g/mol. The fourth-order valence-electron chi connectivity index (χ4n) is 2.11. The number of hydrogen-bond acceptors (Lipinski definition) is 6. The van der Waals surface area contributed by atoms with Crippen LogP contribution in [0, 0.1) is 10.1 Å². The second-order valence-electron chi connectivity index (χ2n) is 4.64. The Hall–Kier alpha value is -2.19. The Balaban J connectivity index is 1.91. The molecule has 1 aliphatic rings. The molecule has 1 aliphatic heterocycles. The van der Waals surface area contributed by atoms with E-state index >= 15 is 0 Å². The molecule has 0 spiro atoms. The van der Waals surface area contributed by atoms with Gasteiger partial charge in [0.25, 0.3) is 5.91 Å². The van der Waals surface area contributed by atoms with Gasteiger partial charge in [0.2, 0.25) is 5.75 Å². The fourth-order valence-corrected chi connectivity index (χ4v) is 2.11. The van der Waals surface area contributed by atoms with Crippen molar-refractivity contribution in [1.82, 2.24) is 10.2 Å². The van der Waals surface area contributed by atoms with Crippen molar-refractivity contribution >= 4 is 11.6 Å². The molecule has 1 fully saturated rings. The lowest BCUT2D eigenvalue weighted by Gasteiger charge is -2.26. The summed E-state index contributed by atoms with van der Waals surface area (Å²) in [7, 11) is 0. The normalized spacial score (nSPS) is 15.6. The summed E-state index contributed by atoms with van der Waals surface area (Å²) in [5, 5.41) is 23.1. The minimum Gasteiger partial charge on any atom is -0.502 e. The first-order valence-corrected chi connectivity index (χ1v) is 6.64. The largest absolute Gasteiger partial charge is 0.502 e. The average Bonchev–Trinajstić information content (AvgIpc) is 2.48. The maximum absolute atomic E-state index is 11.9. The van der Waals surface area contributed by atoms with Crippen LogP contribution in [0.3, 0.4) is 0 Å². The fraction of sp³-hybridized carbons (Fsp3) is 0.462. The van der Waals surface area contributed by atoms with E-state index in [0.717, 1.165) is 19.2 Å². The number of para-hydroxylation sites is 1. The molecule has 0 bridgehead atoms. The molecule has 1 amide bonds. The highest BCUT2D eigenvalue weighted by atomic mass is 16.6. The van der Waals surface area contributed by atoms with Gasteiger partial charge in [0.1, 0.15) is 0 Å². The van der Waals surface area contributed by atoms with Crippen molar-refractivity contribution in [1.29, 1.82) is 0 Å². The van der Waals surface area contributed by atoms with Gasteiger partial charge in [0.15, 0.2) is 0 Å². The molecule has 0 atom stereocenters. The first-order chi connectivity index (χ1) is 10.1. The first kappa shape index (κ1) is 15.2. The third-order valence-corrected chi connectivity index (χ3v) is 3.27. The minimum absolute atomic E-state index is 0.0915. The molecule has 8 nitrogen and oxygen atoms in total. The summed E-state index contributed by atoms with van der Waals surface area (Å²) in [4.78, 5) is 24.1. The summed E-state index contributed by atoms with van der Waals surface area (Å²) in [6.07, 6.45) is 0. The van der Waals surface area contributed by atoms with Gasteiger partial charge in [-0.15, -0.1) is 0 Å². The number of nitrogens with zero attached hydrogens (tertiary/aromatic N) is 2. The third kappa shape index (κ3) is 3.89. The molecule has 21 heavy (non-hydrogen) atoms. The molecular weight excluding hydrogens is 278 g/mol. The lowest BCUT2D eigenvalue weighted by atomic mass is 10.1. The Kier molecular flexibility index (Phi) is 5.07. The third-order valence-electron chi connectivity index (χ3n) is 3.27. The van der Waals surface area contributed by atoms with Crippen molar-refractivity contribution in [2.45, 2.75) is 0 Å². The van der Waals surface area contributed by atoms with Crippen molar-refractivity contribution in [3.8, 4) is 5.75 Å². The van der Waals surface area contributed by atoms with E-state index in [1.54, 1.807) is 0 Å². The van der Waals surface area contributed by atoms with Crippen LogP contribution >= 0.6 is 0 Å². The average molecular weight is 295 g/mol. The zero-order valence-corrected chi connectivity index (χ0v) is 11.4. The summed E-state index contributed by atoms with van der Waals surface area (Å²) >= 11 is 0. The molecule has 0 unspecified atom stereocenters.